The average Bonchev–Trinajstić information content (AvgIpc) is 3.37. The van der Waals surface area contributed by atoms with E-state index in [4.69, 9.17) is 16.9 Å². The highest BCUT2D eigenvalue weighted by Crippen LogP contribution is 2.24. The second-order valence-electron chi connectivity index (χ2n) is 11.1. The van der Waals surface area contributed by atoms with Crippen LogP contribution in [0.3, 0.4) is 0 Å². The Morgan fingerprint density at radius 3 is 2.70 bits per heavy atom. The molecular weight excluding hydrogens is 498 g/mol. The molecule has 1 aliphatic heterocycles. The summed E-state index contributed by atoms with van der Waals surface area (Å²) in [6.45, 7) is 5.21. The van der Waals surface area contributed by atoms with Crippen molar-refractivity contribution in [3.8, 4) is 0 Å². The van der Waals surface area contributed by atoms with Gasteiger partial charge in [0.2, 0.25) is 5.91 Å². The van der Waals surface area contributed by atoms with Crippen LogP contribution in [0.2, 0.25) is 0 Å². The zero-order chi connectivity index (χ0) is 28.1. The van der Waals surface area contributed by atoms with Gasteiger partial charge in [0, 0.05) is 55.4 Å². The van der Waals surface area contributed by atoms with Gasteiger partial charge in [-0.25, -0.2) is 0 Å². The fourth-order valence-corrected chi connectivity index (χ4v) is 6.01. The summed E-state index contributed by atoms with van der Waals surface area (Å²) in [6, 6.07) is 22.7. The summed E-state index contributed by atoms with van der Waals surface area (Å²) in [5.41, 5.74) is 15.6. The number of carbonyl (C=O) groups excluding carboxylic acids is 1. The number of guanidine groups is 1. The van der Waals surface area contributed by atoms with Gasteiger partial charge in [-0.15, -0.1) is 0 Å². The van der Waals surface area contributed by atoms with E-state index in [0.29, 0.717) is 19.5 Å². The molecule has 1 amide bonds. The number of hydrogen-bond donors (Lipinski definition) is 5. The van der Waals surface area contributed by atoms with Crippen LogP contribution in [-0.2, 0) is 17.6 Å². The number of piperazine rings is 1. The molecule has 8 heteroatoms. The van der Waals surface area contributed by atoms with E-state index in [1.807, 2.05) is 17.0 Å². The molecule has 1 aromatic heterocycles. The van der Waals surface area contributed by atoms with Crippen LogP contribution in [0.1, 0.15) is 30.9 Å². The highest BCUT2D eigenvalue weighted by atomic mass is 16.2. The zero-order valence-corrected chi connectivity index (χ0v) is 23.3. The van der Waals surface area contributed by atoms with Crippen LogP contribution in [0.25, 0.3) is 21.7 Å². The predicted octanol–water partition coefficient (Wildman–Crippen LogP) is 3.60. The number of nitrogens with two attached hydrogens (primary N) is 2. The van der Waals surface area contributed by atoms with Crippen molar-refractivity contribution in [1.29, 1.82) is 5.41 Å². The molecule has 8 nitrogen and oxygen atoms in total. The van der Waals surface area contributed by atoms with Crippen molar-refractivity contribution >= 4 is 33.5 Å². The predicted molar refractivity (Wildman–Crippen MR) is 163 cm³/mol. The molecule has 7 N–H and O–H groups in total. The Hall–Kier alpha value is -3.88. The molecular formula is C32H41N7O. The molecule has 2 heterocycles. The summed E-state index contributed by atoms with van der Waals surface area (Å²) in [5, 5.41) is 14.0. The van der Waals surface area contributed by atoms with Crippen LogP contribution in [-0.4, -0.2) is 71.0 Å². The third kappa shape index (κ3) is 6.46. The van der Waals surface area contributed by atoms with E-state index < -0.39 is 6.04 Å². The molecule has 1 aliphatic rings. The van der Waals surface area contributed by atoms with E-state index in [0.717, 1.165) is 48.8 Å². The molecule has 40 heavy (non-hydrogen) atoms. The number of benzene rings is 3. The Labute approximate surface area is 236 Å². The monoisotopic (exact) mass is 539 g/mol. The molecule has 0 spiro atoms. The van der Waals surface area contributed by atoms with E-state index in [9.17, 15) is 4.79 Å². The Morgan fingerprint density at radius 1 is 1.10 bits per heavy atom. The van der Waals surface area contributed by atoms with Gasteiger partial charge in [0.1, 0.15) is 0 Å². The maximum atomic E-state index is 13.8. The number of para-hydroxylation sites is 1. The number of hydrogen-bond acceptors (Lipinski definition) is 4. The smallest absolute Gasteiger partial charge is 0.240 e. The molecule has 210 valence electrons. The maximum absolute atomic E-state index is 13.8. The lowest BCUT2D eigenvalue weighted by molar-refractivity contribution is -0.139. The van der Waals surface area contributed by atoms with Crippen LogP contribution in [0.5, 0.6) is 0 Å². The number of rotatable bonds is 10. The van der Waals surface area contributed by atoms with Crippen LogP contribution in [0.4, 0.5) is 0 Å². The van der Waals surface area contributed by atoms with Crippen LogP contribution in [0.15, 0.2) is 72.9 Å². The normalized spacial score (nSPS) is 18.7. The lowest BCUT2D eigenvalue weighted by Crippen LogP contribution is -2.62. The minimum atomic E-state index is -0.594. The summed E-state index contributed by atoms with van der Waals surface area (Å²) in [7, 11) is 0. The molecule has 4 aromatic rings. The van der Waals surface area contributed by atoms with Crippen molar-refractivity contribution in [2.24, 2.45) is 11.5 Å². The van der Waals surface area contributed by atoms with Gasteiger partial charge in [-0.3, -0.25) is 15.1 Å². The van der Waals surface area contributed by atoms with Gasteiger partial charge in [-0.2, -0.15) is 0 Å². The van der Waals surface area contributed by atoms with Crippen molar-refractivity contribution in [2.45, 2.75) is 50.7 Å². The number of nitrogens with zero attached hydrogens (tertiary/aromatic N) is 2. The van der Waals surface area contributed by atoms with Gasteiger partial charge in [-0.05, 0) is 60.6 Å². The number of H-pyrrole nitrogens is 1. The number of aromatic nitrogens is 1. The van der Waals surface area contributed by atoms with E-state index >= 15 is 0 Å². The third-order valence-corrected chi connectivity index (χ3v) is 8.21. The second-order valence-corrected chi connectivity index (χ2v) is 11.1. The van der Waals surface area contributed by atoms with Gasteiger partial charge in [0.25, 0.3) is 0 Å². The van der Waals surface area contributed by atoms with Crippen LogP contribution >= 0.6 is 0 Å². The number of amides is 1. The summed E-state index contributed by atoms with van der Waals surface area (Å²) >= 11 is 0. The van der Waals surface area contributed by atoms with Crippen molar-refractivity contribution < 1.29 is 4.79 Å². The van der Waals surface area contributed by atoms with E-state index in [-0.39, 0.29) is 24.0 Å². The number of fused-ring (bicyclic) bond motifs is 2. The SMILES string of the molecule is C[C@@H]1CN(C(=O)[C@H](N)Cc2ccc3ccccc3c2)[C@@H](CCCNC(=N)N)CN1CCc1c[nH]c2ccccc12. The molecule has 0 saturated carbocycles. The highest BCUT2D eigenvalue weighted by Gasteiger charge is 2.35. The first-order chi connectivity index (χ1) is 19.4. The van der Waals surface area contributed by atoms with Crippen LogP contribution < -0.4 is 16.8 Å². The van der Waals surface area contributed by atoms with Gasteiger partial charge >= 0.3 is 0 Å². The molecule has 0 radical (unpaired) electrons. The summed E-state index contributed by atoms with van der Waals surface area (Å²) < 4.78 is 0. The molecule has 3 aromatic carbocycles. The Balaban J connectivity index is 1.26. The topological polar surface area (TPSA) is 127 Å². The first-order valence-corrected chi connectivity index (χ1v) is 14.3. The van der Waals surface area contributed by atoms with E-state index in [1.165, 1.54) is 16.3 Å². The summed E-state index contributed by atoms with van der Waals surface area (Å²) in [4.78, 5) is 21.7. The van der Waals surface area contributed by atoms with Crippen molar-refractivity contribution in [3.63, 3.8) is 0 Å². The highest BCUT2D eigenvalue weighted by molar-refractivity contribution is 5.85. The Bertz CT molecular complexity index is 1460. The lowest BCUT2D eigenvalue weighted by Gasteiger charge is -2.46. The molecule has 1 saturated heterocycles. The third-order valence-electron chi connectivity index (χ3n) is 8.21. The minimum Gasteiger partial charge on any atom is -0.370 e. The number of aromatic amines is 1. The van der Waals surface area contributed by atoms with Crippen LogP contribution in [0, 0.1) is 5.41 Å². The van der Waals surface area contributed by atoms with Gasteiger partial charge in [0.15, 0.2) is 5.96 Å². The first kappa shape index (κ1) is 27.7. The number of nitrogens with one attached hydrogen (secondary N) is 3. The fourth-order valence-electron chi connectivity index (χ4n) is 6.01. The first-order valence-electron chi connectivity index (χ1n) is 14.3. The molecule has 0 bridgehead atoms. The minimum absolute atomic E-state index is 0.0146. The summed E-state index contributed by atoms with van der Waals surface area (Å²) in [5.74, 6) is -0.0104. The maximum Gasteiger partial charge on any atom is 0.240 e. The zero-order valence-electron chi connectivity index (χ0n) is 23.3. The fraction of sp³-hybridized carbons (Fsp3) is 0.375. The van der Waals surface area contributed by atoms with Crippen molar-refractivity contribution in [3.05, 3.63) is 84.1 Å². The number of carbonyl (C=O) groups is 1. The quantitative estimate of drug-likeness (QED) is 0.120. The van der Waals surface area contributed by atoms with E-state index in [2.05, 4.69) is 82.9 Å². The standard InChI is InChI=1S/C32H41N7O/c1-22-20-39(31(40)29(33)18-23-12-13-24-7-2-3-8-25(24)17-23)27(9-6-15-36-32(34)35)21-38(22)16-14-26-19-37-30-11-5-4-10-28(26)30/h2-5,7-8,10-13,17,19,22,27,29,37H,6,9,14-16,18,20-21,33H2,1H3,(H4,34,35,36)/t22-,27+,29-/m1/s1. The molecule has 0 aliphatic carbocycles. The molecule has 5 rings (SSSR count). The van der Waals surface area contributed by atoms with Crippen molar-refractivity contribution in [2.75, 3.05) is 26.2 Å². The molecule has 0 unspecified atom stereocenters. The molecule has 1 fully saturated rings. The van der Waals surface area contributed by atoms with Crippen molar-refractivity contribution in [1.82, 2.24) is 20.1 Å². The van der Waals surface area contributed by atoms with Gasteiger partial charge in [-0.1, -0.05) is 60.7 Å². The Morgan fingerprint density at radius 2 is 1.88 bits per heavy atom. The molecule has 3 atom stereocenters. The lowest BCUT2D eigenvalue weighted by atomic mass is 9.98. The average molecular weight is 540 g/mol. The Kier molecular flexibility index (Phi) is 8.67. The van der Waals surface area contributed by atoms with Gasteiger partial charge < -0.3 is 26.7 Å². The summed E-state index contributed by atoms with van der Waals surface area (Å²) in [6.07, 6.45) is 5.22. The van der Waals surface area contributed by atoms with E-state index in [1.54, 1.807) is 0 Å². The second kappa shape index (κ2) is 12.5. The van der Waals surface area contributed by atoms with Gasteiger partial charge in [0.05, 0.1) is 6.04 Å². The largest absolute Gasteiger partial charge is 0.370 e.